The maximum absolute atomic E-state index is 14.1. The summed E-state index contributed by atoms with van der Waals surface area (Å²) in [4.78, 5) is 16.6. The molecule has 0 spiro atoms. The van der Waals surface area contributed by atoms with E-state index in [1.54, 1.807) is 24.3 Å². The van der Waals surface area contributed by atoms with E-state index in [1.165, 1.54) is 18.2 Å². The van der Waals surface area contributed by atoms with Gasteiger partial charge in [0, 0.05) is 22.5 Å². The molecule has 1 aliphatic heterocycles. The van der Waals surface area contributed by atoms with E-state index in [1.807, 2.05) is 0 Å². The number of aromatic amines is 1. The first-order valence-electron chi connectivity index (χ1n) is 8.94. The molecule has 0 saturated carbocycles. The number of nitrogens with zero attached hydrogens (tertiary/aromatic N) is 1. The largest absolute Gasteiger partial charge is 0.414 e. The number of carbonyl (C=O) groups is 1. The first kappa shape index (κ1) is 19.9. The van der Waals surface area contributed by atoms with Crippen molar-refractivity contribution in [1.29, 1.82) is 0 Å². The van der Waals surface area contributed by atoms with Gasteiger partial charge in [-0.25, -0.2) is 4.79 Å². The van der Waals surface area contributed by atoms with E-state index in [4.69, 9.17) is 23.2 Å². The maximum Gasteiger partial charge on any atom is 0.414 e. The minimum absolute atomic E-state index is 0.00792. The number of aromatic nitrogens is 1. The molecule has 2 heterocycles. The van der Waals surface area contributed by atoms with Crippen LogP contribution in [0.4, 0.5) is 23.7 Å². The molecule has 0 bridgehead atoms. The second kappa shape index (κ2) is 7.46. The second-order valence-corrected chi connectivity index (χ2v) is 7.70. The van der Waals surface area contributed by atoms with Crippen molar-refractivity contribution in [2.24, 2.45) is 0 Å². The van der Waals surface area contributed by atoms with Gasteiger partial charge in [0.2, 0.25) is 0 Å². The lowest BCUT2D eigenvalue weighted by molar-refractivity contribution is -0.178. The van der Waals surface area contributed by atoms with Gasteiger partial charge in [0.1, 0.15) is 0 Å². The van der Waals surface area contributed by atoms with Crippen molar-refractivity contribution < 1.29 is 18.0 Å². The molecule has 2 N–H and O–H groups in total. The van der Waals surface area contributed by atoms with Crippen LogP contribution in [0.5, 0.6) is 0 Å². The molecular formula is C20H16Cl2F3N3O. The first-order valence-corrected chi connectivity index (χ1v) is 9.70. The van der Waals surface area contributed by atoms with Crippen LogP contribution in [0, 0.1) is 0 Å². The van der Waals surface area contributed by atoms with Crippen LogP contribution < -0.4 is 5.32 Å². The molecule has 1 aliphatic rings. The number of alkyl halides is 3. The van der Waals surface area contributed by atoms with Crippen molar-refractivity contribution in [3.8, 4) is 0 Å². The fourth-order valence-corrected chi connectivity index (χ4v) is 4.23. The summed E-state index contributed by atoms with van der Waals surface area (Å²) < 4.78 is 42.4. The lowest BCUT2D eigenvalue weighted by Crippen LogP contribution is -2.44. The van der Waals surface area contributed by atoms with Gasteiger partial charge in [0.05, 0.1) is 16.4 Å². The van der Waals surface area contributed by atoms with E-state index < -0.39 is 18.2 Å². The minimum Gasteiger partial charge on any atom is -0.356 e. The predicted octanol–water partition coefficient (Wildman–Crippen LogP) is 6.56. The Morgan fingerprint density at radius 2 is 1.93 bits per heavy atom. The number of H-pyrrole nitrogens is 1. The third-order valence-corrected chi connectivity index (χ3v) is 5.55. The fourth-order valence-electron chi connectivity index (χ4n) is 3.77. The number of para-hydroxylation sites is 1. The van der Waals surface area contributed by atoms with Crippen LogP contribution in [0.1, 0.15) is 23.7 Å². The number of hydrogen-bond acceptors (Lipinski definition) is 1. The number of carbonyl (C=O) groups excluding carboxylic acids is 1. The number of rotatable bonds is 1. The summed E-state index contributed by atoms with van der Waals surface area (Å²) in [5, 5.41) is 3.74. The number of fused-ring (bicyclic) bond motifs is 3. The number of aryl methyl sites for hydroxylation is 1. The molecule has 0 fully saturated rings. The second-order valence-electron chi connectivity index (χ2n) is 6.86. The van der Waals surface area contributed by atoms with Gasteiger partial charge in [-0.2, -0.15) is 13.2 Å². The van der Waals surface area contributed by atoms with Crippen LogP contribution in [0.25, 0.3) is 10.9 Å². The highest BCUT2D eigenvalue weighted by Crippen LogP contribution is 2.43. The number of hydrogen-bond donors (Lipinski definition) is 2. The van der Waals surface area contributed by atoms with Crippen molar-refractivity contribution >= 4 is 45.8 Å². The van der Waals surface area contributed by atoms with E-state index in [0.717, 1.165) is 10.3 Å². The molecule has 2 aromatic carbocycles. The first-order chi connectivity index (χ1) is 13.8. The van der Waals surface area contributed by atoms with Gasteiger partial charge in [-0.1, -0.05) is 41.4 Å². The van der Waals surface area contributed by atoms with Crippen LogP contribution in [0.2, 0.25) is 10.0 Å². The van der Waals surface area contributed by atoms with Crippen molar-refractivity contribution in [2.45, 2.75) is 25.1 Å². The average molecular weight is 442 g/mol. The topological polar surface area (TPSA) is 48.1 Å². The van der Waals surface area contributed by atoms with E-state index in [9.17, 15) is 18.0 Å². The van der Waals surface area contributed by atoms with Gasteiger partial charge in [0.25, 0.3) is 0 Å². The molecule has 1 unspecified atom stereocenters. The lowest BCUT2D eigenvalue weighted by Gasteiger charge is -2.31. The predicted molar refractivity (Wildman–Crippen MR) is 108 cm³/mol. The molecule has 29 heavy (non-hydrogen) atoms. The summed E-state index contributed by atoms with van der Waals surface area (Å²) >= 11 is 11.9. The Morgan fingerprint density at radius 1 is 1.17 bits per heavy atom. The lowest BCUT2D eigenvalue weighted by atomic mass is 10.0. The van der Waals surface area contributed by atoms with Gasteiger partial charge in [-0.05, 0) is 42.7 Å². The van der Waals surface area contributed by atoms with E-state index >= 15 is 0 Å². The van der Waals surface area contributed by atoms with Crippen LogP contribution in [0.3, 0.4) is 0 Å². The molecular weight excluding hydrogens is 426 g/mol. The summed E-state index contributed by atoms with van der Waals surface area (Å²) in [5.41, 5.74) is 1.43. The fraction of sp³-hybridized carbons (Fsp3) is 0.250. The molecule has 0 radical (unpaired) electrons. The Bertz CT molecular complexity index is 1080. The van der Waals surface area contributed by atoms with E-state index in [2.05, 4.69) is 10.3 Å². The standard InChI is InChI=1S/C20H16Cl2F3N3O/c21-11-7-8-16(14(22)10-11)27-19(29)28-9-3-5-13-12-4-1-2-6-15(12)26-17(13)18(28)20(23,24)25/h1-2,4,6-8,10,18,26H,3,5,9H2,(H,27,29). The molecule has 1 aromatic heterocycles. The number of halogens is 5. The Labute approximate surface area is 174 Å². The van der Waals surface area contributed by atoms with Crippen molar-refractivity contribution in [3.05, 3.63) is 63.8 Å². The van der Waals surface area contributed by atoms with Crippen molar-refractivity contribution in [1.82, 2.24) is 9.88 Å². The van der Waals surface area contributed by atoms with Gasteiger partial charge >= 0.3 is 12.2 Å². The average Bonchev–Trinajstić information content (AvgIpc) is 2.88. The molecule has 0 saturated heterocycles. The summed E-state index contributed by atoms with van der Waals surface area (Å²) in [5.74, 6) is 0. The summed E-state index contributed by atoms with van der Waals surface area (Å²) in [6, 6.07) is 8.49. The van der Waals surface area contributed by atoms with E-state index in [0.29, 0.717) is 28.9 Å². The molecule has 4 rings (SSSR count). The van der Waals surface area contributed by atoms with Crippen LogP contribution >= 0.6 is 23.2 Å². The molecule has 3 aromatic rings. The highest BCUT2D eigenvalue weighted by Gasteiger charge is 2.49. The minimum atomic E-state index is -4.65. The number of benzene rings is 2. The molecule has 4 nitrogen and oxygen atoms in total. The van der Waals surface area contributed by atoms with Gasteiger partial charge in [0.15, 0.2) is 6.04 Å². The Hall–Kier alpha value is -2.38. The Kier molecular flexibility index (Phi) is 5.12. The monoisotopic (exact) mass is 441 g/mol. The highest BCUT2D eigenvalue weighted by atomic mass is 35.5. The van der Waals surface area contributed by atoms with Crippen LogP contribution in [0.15, 0.2) is 42.5 Å². The van der Waals surface area contributed by atoms with Gasteiger partial charge in [-0.3, -0.25) is 0 Å². The zero-order valence-electron chi connectivity index (χ0n) is 15.0. The maximum atomic E-state index is 14.1. The smallest absolute Gasteiger partial charge is 0.356 e. The zero-order chi connectivity index (χ0) is 20.8. The zero-order valence-corrected chi connectivity index (χ0v) is 16.5. The SMILES string of the molecule is O=C(Nc1ccc(Cl)cc1Cl)N1CCCc2c([nH]c3ccccc23)C1C(F)(F)F. The number of nitrogens with one attached hydrogen (secondary N) is 2. The van der Waals surface area contributed by atoms with Crippen molar-refractivity contribution in [3.63, 3.8) is 0 Å². The normalized spacial score (nSPS) is 17.1. The van der Waals surface area contributed by atoms with Crippen LogP contribution in [-0.2, 0) is 6.42 Å². The highest BCUT2D eigenvalue weighted by molar-refractivity contribution is 6.36. The van der Waals surface area contributed by atoms with Crippen LogP contribution in [-0.4, -0.2) is 28.6 Å². The quantitative estimate of drug-likeness (QED) is 0.441. The molecule has 2 amide bonds. The van der Waals surface area contributed by atoms with Gasteiger partial charge in [-0.15, -0.1) is 0 Å². The Morgan fingerprint density at radius 3 is 2.66 bits per heavy atom. The summed E-state index contributed by atoms with van der Waals surface area (Å²) in [6.07, 6.45) is -3.80. The van der Waals surface area contributed by atoms with E-state index in [-0.39, 0.29) is 22.9 Å². The molecule has 152 valence electrons. The van der Waals surface area contributed by atoms with Gasteiger partial charge < -0.3 is 15.2 Å². The number of anilines is 1. The molecule has 0 aliphatic carbocycles. The van der Waals surface area contributed by atoms with Crippen molar-refractivity contribution in [2.75, 3.05) is 11.9 Å². The summed E-state index contributed by atoms with van der Waals surface area (Å²) in [6.45, 7) is -0.0436. The summed E-state index contributed by atoms with van der Waals surface area (Å²) in [7, 11) is 0. The third-order valence-electron chi connectivity index (χ3n) is 5.00. The molecule has 9 heteroatoms. The number of urea groups is 1. The number of amides is 2. The molecule has 1 atom stereocenters. The third kappa shape index (κ3) is 3.76. The Balaban J connectivity index is 1.74.